The van der Waals surface area contributed by atoms with E-state index in [1.165, 1.54) is 75.7 Å². The van der Waals surface area contributed by atoms with E-state index in [-0.39, 0.29) is 69.2 Å². The summed E-state index contributed by atoms with van der Waals surface area (Å²) in [6.07, 6.45) is 45.0. The zero-order valence-corrected chi connectivity index (χ0v) is 67.6. The summed E-state index contributed by atoms with van der Waals surface area (Å²) in [5.74, 6) is 1.68. The zero-order valence-electron chi connectivity index (χ0n) is 67.6. The first-order chi connectivity index (χ1) is 46.1. The highest BCUT2D eigenvalue weighted by Crippen LogP contribution is 2.66. The van der Waals surface area contributed by atoms with Crippen molar-refractivity contribution in [2.45, 2.75) is 317 Å². The predicted molar refractivity (Wildman–Crippen MR) is 408 cm³/mol. The lowest BCUT2D eigenvalue weighted by atomic mass is 9.45. The van der Waals surface area contributed by atoms with Crippen LogP contribution < -0.4 is 0 Å². The predicted octanol–water partition coefficient (Wildman–Crippen LogP) is 20.2. The minimum Gasteiger partial charge on any atom is -0.463 e. The molecule has 16 atom stereocenters. The molecule has 8 rings (SSSR count). The number of aliphatic hydroxyl groups is 4. The molecule has 100 heavy (non-hydrogen) atoms. The molecular formula is C88H144O12. The number of allylic oxidation sites excluding steroid dienone is 8. The summed E-state index contributed by atoms with van der Waals surface area (Å²) < 4.78 is 19.9. The van der Waals surface area contributed by atoms with Crippen molar-refractivity contribution in [1.82, 2.24) is 0 Å². The van der Waals surface area contributed by atoms with Gasteiger partial charge in [0, 0.05) is 48.0 Å². The SMILES string of the molecule is CCOC(=O)/C=C(C)/C=C/[C@@H]1[C@@]2(C)CCCC(C)(C)[C@@H]2CC[C@@]1(C)O.CCOC(=O)/C=C(C)/C=C/[C@@H]1[C@@]2(C)CCCC(C)(C)[C@@H]2CC[C@]1(C)O.CCOC(=O)/C=C(C)\C=C\[C@@H]1[C@@]2(C)CCCC(C)(C)[C@@H]2CC[C@@]1(C)O.CCOC(=O)/C=C(C)\C=C\[C@@H]1[C@@]2(C)CCCC(C)(C)[C@@H]2CC[C@]1(C)O. The molecular weight excluding hydrogens is 1250 g/mol. The summed E-state index contributed by atoms with van der Waals surface area (Å²) >= 11 is 0. The Labute approximate surface area is 608 Å². The minimum atomic E-state index is -0.695. The fraction of sp³-hybridized carbons (Fsp3) is 0.773. The molecule has 0 radical (unpaired) electrons. The fourth-order valence-corrected chi connectivity index (χ4v) is 22.6. The molecule has 0 saturated heterocycles. The maximum atomic E-state index is 11.6. The van der Waals surface area contributed by atoms with E-state index in [2.05, 4.69) is 107 Å². The second kappa shape index (κ2) is 34.3. The van der Waals surface area contributed by atoms with Gasteiger partial charge in [-0.05, 0) is 275 Å². The molecule has 0 spiro atoms. The van der Waals surface area contributed by atoms with E-state index in [1.54, 1.807) is 0 Å². The molecule has 12 heteroatoms. The van der Waals surface area contributed by atoms with Crippen LogP contribution in [0.4, 0.5) is 0 Å². The number of carbonyl (C=O) groups excluding carboxylic acids is 4. The number of hydrogen-bond acceptors (Lipinski definition) is 12. The van der Waals surface area contributed by atoms with Crippen LogP contribution in [0.3, 0.4) is 0 Å². The van der Waals surface area contributed by atoms with Gasteiger partial charge in [0.15, 0.2) is 0 Å². The van der Waals surface area contributed by atoms with E-state index >= 15 is 0 Å². The quantitative estimate of drug-likeness (QED) is 0.0497. The Bertz CT molecular complexity index is 2620. The third-order valence-corrected chi connectivity index (χ3v) is 27.1. The number of hydrogen-bond donors (Lipinski definition) is 4. The van der Waals surface area contributed by atoms with Gasteiger partial charge in [0.1, 0.15) is 0 Å². The van der Waals surface area contributed by atoms with Gasteiger partial charge in [0.25, 0.3) is 0 Å². The first kappa shape index (κ1) is 86.3. The highest BCUT2D eigenvalue weighted by atomic mass is 16.5. The summed E-state index contributed by atoms with van der Waals surface area (Å²) in [5, 5.41) is 44.5. The van der Waals surface area contributed by atoms with Crippen LogP contribution in [0, 0.1) is 90.7 Å². The van der Waals surface area contributed by atoms with Crippen molar-refractivity contribution < 1.29 is 58.6 Å². The molecule has 0 aromatic rings. The fourth-order valence-electron chi connectivity index (χ4n) is 22.6. The lowest BCUT2D eigenvalue weighted by molar-refractivity contribution is -0.149. The number of fused-ring (bicyclic) bond motifs is 4. The molecule has 0 aliphatic heterocycles. The minimum absolute atomic E-state index is 0.101. The lowest BCUT2D eigenvalue weighted by Crippen LogP contribution is -2.56. The average molecular weight is 1390 g/mol. The van der Waals surface area contributed by atoms with E-state index in [4.69, 9.17) is 18.9 Å². The highest BCUT2D eigenvalue weighted by molar-refractivity contribution is 5.84. The van der Waals surface area contributed by atoms with Crippen LogP contribution in [0.25, 0.3) is 0 Å². The Kier molecular flexibility index (Phi) is 29.6. The van der Waals surface area contributed by atoms with E-state index < -0.39 is 22.4 Å². The topological polar surface area (TPSA) is 186 Å². The van der Waals surface area contributed by atoms with Crippen LogP contribution >= 0.6 is 0 Å². The summed E-state index contributed by atoms with van der Waals surface area (Å²) in [5.41, 5.74) is 2.41. The standard InChI is InChI=1S/4C22H36O3/c4*1-7-25-19(23)15-16(2)9-10-18-21(5)13-8-12-20(3,4)17(21)11-14-22(18,6)24/h4*9-10,15,17-18,24H,7-8,11-14H2,1-6H3/b2*10-9+,16-15+;2*10-9+,16-15-/t17-,18+,21-,22+;17-,18+,21-,22-;17-,18+,21-,22+;17-,18+,21-,22-/m0000/s1. The third-order valence-electron chi connectivity index (χ3n) is 27.1. The number of esters is 4. The Morgan fingerprint density at radius 3 is 0.630 bits per heavy atom. The number of carbonyl (C=O) groups is 4. The highest BCUT2D eigenvalue weighted by Gasteiger charge is 2.61. The van der Waals surface area contributed by atoms with Crippen molar-refractivity contribution in [3.05, 3.63) is 95.2 Å². The molecule has 8 aliphatic rings. The van der Waals surface area contributed by atoms with Crippen molar-refractivity contribution in [2.24, 2.45) is 90.7 Å². The first-order valence-electron chi connectivity index (χ1n) is 39.1. The van der Waals surface area contributed by atoms with Gasteiger partial charge >= 0.3 is 23.9 Å². The molecule has 568 valence electrons. The van der Waals surface area contributed by atoms with Crippen molar-refractivity contribution in [3.63, 3.8) is 0 Å². The van der Waals surface area contributed by atoms with E-state index in [9.17, 15) is 39.6 Å². The number of rotatable bonds is 16. The third kappa shape index (κ3) is 21.0. The van der Waals surface area contributed by atoms with Gasteiger partial charge < -0.3 is 39.4 Å². The van der Waals surface area contributed by atoms with Crippen molar-refractivity contribution >= 4 is 23.9 Å². The van der Waals surface area contributed by atoms with Gasteiger partial charge in [0.05, 0.1) is 48.8 Å². The van der Waals surface area contributed by atoms with Gasteiger partial charge in [-0.1, -0.05) is 157 Å². The molecule has 0 amide bonds. The van der Waals surface area contributed by atoms with Crippen molar-refractivity contribution in [1.29, 1.82) is 0 Å². The Balaban J connectivity index is 0.000000240. The normalized spacial score (nSPS) is 38.4. The molecule has 0 aromatic heterocycles. The van der Waals surface area contributed by atoms with Crippen LogP contribution in [0.1, 0.15) is 295 Å². The maximum absolute atomic E-state index is 11.6. The molecule has 0 bridgehead atoms. The molecule has 0 heterocycles. The van der Waals surface area contributed by atoms with Gasteiger partial charge in [-0.2, -0.15) is 0 Å². The summed E-state index contributed by atoms with van der Waals surface area (Å²) in [6.45, 7) is 52.9. The van der Waals surface area contributed by atoms with Crippen molar-refractivity contribution in [2.75, 3.05) is 26.4 Å². The Morgan fingerprint density at radius 1 is 0.300 bits per heavy atom. The Morgan fingerprint density at radius 2 is 0.470 bits per heavy atom. The molecule has 0 aromatic carbocycles. The second-order valence-corrected chi connectivity index (χ2v) is 37.1. The van der Waals surface area contributed by atoms with Gasteiger partial charge in [-0.25, -0.2) is 19.2 Å². The lowest BCUT2D eigenvalue weighted by Gasteiger charge is -2.60. The average Bonchev–Trinajstić information content (AvgIpc) is 0.754. The molecule has 8 fully saturated rings. The monoisotopic (exact) mass is 1390 g/mol. The summed E-state index contributed by atoms with van der Waals surface area (Å²) in [4.78, 5) is 46.5. The summed E-state index contributed by atoms with van der Waals surface area (Å²) in [7, 11) is 0. The molecule has 0 unspecified atom stereocenters. The van der Waals surface area contributed by atoms with Gasteiger partial charge in [0.2, 0.25) is 0 Å². The van der Waals surface area contributed by atoms with E-state index in [0.29, 0.717) is 71.8 Å². The smallest absolute Gasteiger partial charge is 0.330 e. The molecule has 8 saturated carbocycles. The maximum Gasteiger partial charge on any atom is 0.330 e. The Hall–Kier alpha value is -4.36. The van der Waals surface area contributed by atoms with Gasteiger partial charge in [-0.15, -0.1) is 0 Å². The van der Waals surface area contributed by atoms with Gasteiger partial charge in [-0.3, -0.25) is 0 Å². The van der Waals surface area contributed by atoms with E-state index in [1.807, 2.05) is 107 Å². The molecule has 4 N–H and O–H groups in total. The first-order valence-corrected chi connectivity index (χ1v) is 39.1. The summed E-state index contributed by atoms with van der Waals surface area (Å²) in [6, 6.07) is 0. The van der Waals surface area contributed by atoms with Crippen LogP contribution in [0.5, 0.6) is 0 Å². The van der Waals surface area contributed by atoms with Crippen LogP contribution in [-0.2, 0) is 38.1 Å². The number of ether oxygens (including phenoxy) is 4. The van der Waals surface area contributed by atoms with E-state index in [0.717, 1.165) is 99.3 Å². The van der Waals surface area contributed by atoms with Crippen LogP contribution in [0.2, 0.25) is 0 Å². The van der Waals surface area contributed by atoms with Crippen LogP contribution in [0.15, 0.2) is 95.2 Å². The van der Waals surface area contributed by atoms with Crippen molar-refractivity contribution in [3.8, 4) is 0 Å². The zero-order chi connectivity index (χ0) is 75.5. The van der Waals surface area contributed by atoms with Crippen LogP contribution in [-0.4, -0.2) is 93.1 Å². The molecule has 8 aliphatic carbocycles. The second-order valence-electron chi connectivity index (χ2n) is 37.1. The molecule has 12 nitrogen and oxygen atoms in total. The largest absolute Gasteiger partial charge is 0.463 e.